The Hall–Kier alpha value is -1.81. The number of amides is 1. The summed E-state index contributed by atoms with van der Waals surface area (Å²) in [5.41, 5.74) is 0.305. The maximum absolute atomic E-state index is 11.9. The van der Waals surface area contributed by atoms with Crippen molar-refractivity contribution in [1.82, 2.24) is 15.3 Å². The average Bonchev–Trinajstić information content (AvgIpc) is 2.45. The lowest BCUT2D eigenvalue weighted by Crippen LogP contribution is -2.37. The molecule has 6 nitrogen and oxygen atoms in total. The van der Waals surface area contributed by atoms with Crippen molar-refractivity contribution in [1.29, 1.82) is 5.26 Å². The van der Waals surface area contributed by atoms with Crippen molar-refractivity contribution in [2.24, 2.45) is 0 Å². The van der Waals surface area contributed by atoms with Crippen LogP contribution in [-0.2, 0) is 4.79 Å². The van der Waals surface area contributed by atoms with Crippen LogP contribution < -0.4 is 11.0 Å². The minimum atomic E-state index is -0.498. The summed E-state index contributed by atoms with van der Waals surface area (Å²) in [4.78, 5) is 29.5. The Morgan fingerprint density at radius 1 is 1.48 bits per heavy atom. The van der Waals surface area contributed by atoms with Crippen LogP contribution in [0.2, 0.25) is 0 Å². The number of thioether (sulfide) groups is 1. The largest absolute Gasteiger partial charge is 0.353 e. The van der Waals surface area contributed by atoms with Crippen molar-refractivity contribution in [3.63, 3.8) is 0 Å². The number of nitrogens with one attached hydrogen (secondary N) is 2. The van der Waals surface area contributed by atoms with Crippen LogP contribution in [-0.4, -0.2) is 27.7 Å². The highest BCUT2D eigenvalue weighted by atomic mass is 32.2. The molecule has 0 saturated heterocycles. The molecular weight excluding hydrogens is 288 g/mol. The first-order chi connectivity index (χ1) is 10.1. The number of hydrogen-bond donors (Lipinski definition) is 2. The molecule has 1 aromatic rings. The molecule has 1 fully saturated rings. The number of aromatic nitrogens is 2. The minimum absolute atomic E-state index is 0.0736. The van der Waals surface area contributed by atoms with E-state index in [1.807, 2.05) is 6.07 Å². The molecule has 2 N–H and O–H groups in total. The third-order valence-electron chi connectivity index (χ3n) is 3.51. The lowest BCUT2D eigenvalue weighted by molar-refractivity contribution is -0.119. The van der Waals surface area contributed by atoms with Crippen molar-refractivity contribution in [2.45, 2.75) is 50.1 Å². The van der Waals surface area contributed by atoms with E-state index in [1.54, 1.807) is 6.92 Å². The van der Waals surface area contributed by atoms with Crippen LogP contribution in [0.25, 0.3) is 0 Å². The molecule has 1 aromatic heterocycles. The minimum Gasteiger partial charge on any atom is -0.353 e. The fourth-order valence-corrected chi connectivity index (χ4v) is 3.29. The van der Waals surface area contributed by atoms with Gasteiger partial charge < -0.3 is 10.3 Å². The van der Waals surface area contributed by atoms with E-state index in [9.17, 15) is 9.59 Å². The van der Waals surface area contributed by atoms with Crippen LogP contribution in [0.1, 0.15) is 43.4 Å². The molecule has 0 radical (unpaired) electrons. The molecule has 0 unspecified atom stereocenters. The molecular formula is C14H18N4O2S. The predicted molar refractivity (Wildman–Crippen MR) is 80.0 cm³/mol. The molecule has 0 aliphatic heterocycles. The highest BCUT2D eigenvalue weighted by Crippen LogP contribution is 2.21. The summed E-state index contributed by atoms with van der Waals surface area (Å²) >= 11 is 1.13. The number of nitrogens with zero attached hydrogens (tertiary/aromatic N) is 2. The molecule has 1 heterocycles. The number of hydrogen-bond acceptors (Lipinski definition) is 5. The smallest absolute Gasteiger partial charge is 0.346 e. The molecule has 0 bridgehead atoms. The monoisotopic (exact) mass is 306 g/mol. The Morgan fingerprint density at radius 3 is 2.86 bits per heavy atom. The summed E-state index contributed by atoms with van der Waals surface area (Å²) in [5, 5.41) is 12.4. The highest BCUT2D eigenvalue weighted by Gasteiger charge is 2.17. The topological polar surface area (TPSA) is 98.6 Å². The molecule has 0 atom stereocenters. The van der Waals surface area contributed by atoms with Gasteiger partial charge in [0.05, 0.1) is 5.75 Å². The standard InChI is InChI=1S/C14H18N4O2S/c1-9-11(7-15)13(18-14(20)16-9)21-8-12(19)17-10-5-3-2-4-6-10/h10H,2-6,8H2,1H3,(H,17,19)(H,16,18,20). The van der Waals surface area contributed by atoms with Gasteiger partial charge >= 0.3 is 5.69 Å². The zero-order chi connectivity index (χ0) is 15.2. The zero-order valence-electron chi connectivity index (χ0n) is 11.9. The number of aromatic amines is 1. The van der Waals surface area contributed by atoms with Crippen LogP contribution in [0.5, 0.6) is 0 Å². The van der Waals surface area contributed by atoms with E-state index in [0.717, 1.165) is 37.4 Å². The second-order valence-corrected chi connectivity index (χ2v) is 6.11. The first kappa shape index (κ1) is 15.6. The van der Waals surface area contributed by atoms with Gasteiger partial charge in [-0.25, -0.2) is 4.79 Å². The van der Waals surface area contributed by atoms with E-state index >= 15 is 0 Å². The molecule has 0 aromatic carbocycles. The normalized spacial score (nSPS) is 15.4. The number of aryl methyl sites for hydroxylation is 1. The quantitative estimate of drug-likeness (QED) is 0.648. The zero-order valence-corrected chi connectivity index (χ0v) is 12.8. The van der Waals surface area contributed by atoms with Crippen LogP contribution in [0, 0.1) is 18.3 Å². The van der Waals surface area contributed by atoms with E-state index in [4.69, 9.17) is 5.26 Å². The van der Waals surface area contributed by atoms with E-state index in [1.165, 1.54) is 6.42 Å². The third kappa shape index (κ3) is 4.33. The van der Waals surface area contributed by atoms with E-state index in [-0.39, 0.29) is 17.7 Å². The maximum atomic E-state index is 11.9. The fraction of sp³-hybridized carbons (Fsp3) is 0.571. The summed E-state index contributed by atoms with van der Waals surface area (Å²) in [5.74, 6) is 0.0941. The Kier molecular flexibility index (Phi) is 5.39. The molecule has 0 spiro atoms. The van der Waals surface area contributed by atoms with Gasteiger partial charge in [0.25, 0.3) is 0 Å². The summed E-state index contributed by atoms with van der Waals surface area (Å²) in [6, 6.07) is 2.27. The van der Waals surface area contributed by atoms with Crippen molar-refractivity contribution < 1.29 is 4.79 Å². The van der Waals surface area contributed by atoms with Crippen molar-refractivity contribution in [3.8, 4) is 6.07 Å². The van der Waals surface area contributed by atoms with Gasteiger partial charge in [-0.15, -0.1) is 0 Å². The van der Waals surface area contributed by atoms with Gasteiger partial charge in [-0.3, -0.25) is 4.79 Å². The molecule has 7 heteroatoms. The second kappa shape index (κ2) is 7.27. The third-order valence-corrected chi connectivity index (χ3v) is 4.48. The van der Waals surface area contributed by atoms with E-state index in [0.29, 0.717) is 16.3 Å². The molecule has 1 aliphatic carbocycles. The lowest BCUT2D eigenvalue weighted by atomic mass is 9.95. The summed E-state index contributed by atoms with van der Waals surface area (Å²) in [6.07, 6.45) is 5.62. The fourth-order valence-electron chi connectivity index (χ4n) is 2.45. The number of carbonyl (C=O) groups excluding carboxylic acids is 1. The Morgan fingerprint density at radius 2 is 2.19 bits per heavy atom. The van der Waals surface area contributed by atoms with Gasteiger partial charge in [0, 0.05) is 11.7 Å². The predicted octanol–water partition coefficient (Wildman–Crippen LogP) is 1.49. The van der Waals surface area contributed by atoms with Crippen LogP contribution in [0.15, 0.2) is 9.82 Å². The Balaban J connectivity index is 1.95. The van der Waals surface area contributed by atoms with Gasteiger partial charge in [-0.1, -0.05) is 31.0 Å². The van der Waals surface area contributed by atoms with Gasteiger partial charge in [-0.05, 0) is 19.8 Å². The van der Waals surface area contributed by atoms with Crippen molar-refractivity contribution >= 4 is 17.7 Å². The molecule has 21 heavy (non-hydrogen) atoms. The second-order valence-electron chi connectivity index (χ2n) is 5.15. The van der Waals surface area contributed by atoms with Crippen LogP contribution in [0.3, 0.4) is 0 Å². The van der Waals surface area contributed by atoms with Gasteiger partial charge in [-0.2, -0.15) is 10.2 Å². The first-order valence-electron chi connectivity index (χ1n) is 7.03. The molecule has 112 valence electrons. The molecule has 1 aliphatic rings. The summed E-state index contributed by atoms with van der Waals surface area (Å²) in [6.45, 7) is 1.65. The SMILES string of the molecule is Cc1[nH]c(=O)nc(SCC(=O)NC2CCCCC2)c1C#N. The molecule has 1 amide bonds. The summed E-state index contributed by atoms with van der Waals surface area (Å²) in [7, 11) is 0. The lowest BCUT2D eigenvalue weighted by Gasteiger charge is -2.22. The van der Waals surface area contributed by atoms with E-state index in [2.05, 4.69) is 15.3 Å². The number of H-pyrrole nitrogens is 1. The molecule has 1 saturated carbocycles. The van der Waals surface area contributed by atoms with Crippen molar-refractivity contribution in [2.75, 3.05) is 5.75 Å². The first-order valence-corrected chi connectivity index (χ1v) is 8.02. The number of nitriles is 1. The van der Waals surface area contributed by atoms with Gasteiger partial charge in [0.2, 0.25) is 5.91 Å². The highest BCUT2D eigenvalue weighted by molar-refractivity contribution is 8.00. The van der Waals surface area contributed by atoms with Crippen molar-refractivity contribution in [3.05, 3.63) is 21.7 Å². The van der Waals surface area contributed by atoms with E-state index < -0.39 is 5.69 Å². The average molecular weight is 306 g/mol. The van der Waals surface area contributed by atoms with Crippen LogP contribution in [0.4, 0.5) is 0 Å². The Labute approximate surface area is 127 Å². The molecule has 2 rings (SSSR count). The maximum Gasteiger partial charge on any atom is 0.346 e. The van der Waals surface area contributed by atoms with Gasteiger partial charge in [0.15, 0.2) is 0 Å². The number of carbonyl (C=O) groups is 1. The van der Waals surface area contributed by atoms with Gasteiger partial charge in [0.1, 0.15) is 16.7 Å². The van der Waals surface area contributed by atoms with Crippen LogP contribution >= 0.6 is 11.8 Å². The Bertz CT molecular complexity index is 614. The summed E-state index contributed by atoms with van der Waals surface area (Å²) < 4.78 is 0. The number of rotatable bonds is 4.